The first-order valence-corrected chi connectivity index (χ1v) is 11.9. The van der Waals surface area contributed by atoms with Gasteiger partial charge in [-0.15, -0.1) is 6.58 Å². The van der Waals surface area contributed by atoms with Crippen LogP contribution in [0.5, 0.6) is 11.5 Å². The first kappa shape index (κ1) is 23.9. The Kier molecular flexibility index (Phi) is 7.28. The second kappa shape index (κ2) is 10.4. The second-order valence-corrected chi connectivity index (χ2v) is 9.03. The van der Waals surface area contributed by atoms with Crippen molar-refractivity contribution in [3.8, 4) is 11.5 Å². The van der Waals surface area contributed by atoms with E-state index >= 15 is 0 Å². The molecule has 1 aliphatic rings. The van der Waals surface area contributed by atoms with Crippen LogP contribution in [0.25, 0.3) is 16.8 Å². The average molecular weight is 584 g/mol. The van der Waals surface area contributed by atoms with Crippen LogP contribution in [0, 0.1) is 3.57 Å². The Morgan fingerprint density at radius 3 is 2.68 bits per heavy atom. The number of benzene rings is 3. The molecule has 3 aromatic rings. The summed E-state index contributed by atoms with van der Waals surface area (Å²) >= 11 is 7.26. The minimum atomic E-state index is -0.541. The standard InChI is InChI=1S/C26H21IN2O4S/c1-3-11-29-25(31)20(24(30)28-26(29)34)12-16-13-21(27)23(22(14-16)32-2)33-15-18-9-6-8-17-7-4-5-10-19(17)18/h3-10,12-14H,1,11,15H2,2H3,(H,28,30,34)/b20-12+. The second-order valence-electron chi connectivity index (χ2n) is 7.48. The van der Waals surface area contributed by atoms with Crippen LogP contribution in [0.15, 0.2) is 72.8 Å². The zero-order valence-electron chi connectivity index (χ0n) is 18.3. The topological polar surface area (TPSA) is 67.9 Å². The highest BCUT2D eigenvalue weighted by molar-refractivity contribution is 14.1. The van der Waals surface area contributed by atoms with Gasteiger partial charge in [-0.1, -0.05) is 48.5 Å². The molecule has 0 aromatic heterocycles. The van der Waals surface area contributed by atoms with Crippen molar-refractivity contribution in [2.24, 2.45) is 0 Å². The zero-order chi connectivity index (χ0) is 24.2. The molecule has 0 aliphatic carbocycles. The molecule has 1 fully saturated rings. The van der Waals surface area contributed by atoms with Crippen molar-refractivity contribution in [1.29, 1.82) is 0 Å². The summed E-state index contributed by atoms with van der Waals surface area (Å²) in [6, 6.07) is 17.8. The minimum Gasteiger partial charge on any atom is -0.493 e. The van der Waals surface area contributed by atoms with Crippen molar-refractivity contribution < 1.29 is 19.1 Å². The molecule has 0 unspecified atom stereocenters. The highest BCUT2D eigenvalue weighted by atomic mass is 127. The Hall–Kier alpha value is -3.24. The van der Waals surface area contributed by atoms with E-state index in [2.05, 4.69) is 52.7 Å². The Bertz CT molecular complexity index is 1350. The summed E-state index contributed by atoms with van der Waals surface area (Å²) in [6.45, 7) is 4.20. The number of halogens is 1. The fourth-order valence-electron chi connectivity index (χ4n) is 3.69. The summed E-state index contributed by atoms with van der Waals surface area (Å²) in [6.07, 6.45) is 3.07. The van der Waals surface area contributed by atoms with Gasteiger partial charge < -0.3 is 9.47 Å². The lowest BCUT2D eigenvalue weighted by atomic mass is 10.1. The fraction of sp³-hybridized carbons (Fsp3) is 0.115. The number of fused-ring (bicyclic) bond motifs is 1. The van der Waals surface area contributed by atoms with Gasteiger partial charge in [0.2, 0.25) is 0 Å². The monoisotopic (exact) mass is 584 g/mol. The molecule has 0 bridgehead atoms. The number of rotatable bonds is 7. The zero-order valence-corrected chi connectivity index (χ0v) is 21.3. The first-order valence-electron chi connectivity index (χ1n) is 10.4. The van der Waals surface area contributed by atoms with Crippen molar-refractivity contribution in [3.05, 3.63) is 87.5 Å². The number of methoxy groups -OCH3 is 1. The molecule has 1 heterocycles. The molecule has 1 aliphatic heterocycles. The van der Waals surface area contributed by atoms with Gasteiger partial charge in [-0.05, 0) is 74.9 Å². The number of ether oxygens (including phenoxy) is 2. The van der Waals surface area contributed by atoms with Gasteiger partial charge in [0.15, 0.2) is 16.6 Å². The minimum absolute atomic E-state index is 0.0160. The van der Waals surface area contributed by atoms with Gasteiger partial charge in [-0.25, -0.2) is 0 Å². The summed E-state index contributed by atoms with van der Waals surface area (Å²) in [5, 5.41) is 4.89. The first-order chi connectivity index (χ1) is 16.4. The van der Waals surface area contributed by atoms with Gasteiger partial charge in [0.1, 0.15) is 12.2 Å². The fourth-order valence-corrected chi connectivity index (χ4v) is 4.72. The van der Waals surface area contributed by atoms with Gasteiger partial charge >= 0.3 is 0 Å². The van der Waals surface area contributed by atoms with Crippen LogP contribution in [-0.4, -0.2) is 35.5 Å². The third-order valence-corrected chi connectivity index (χ3v) is 6.44. The van der Waals surface area contributed by atoms with Crippen molar-refractivity contribution in [3.63, 3.8) is 0 Å². The van der Waals surface area contributed by atoms with E-state index in [1.807, 2.05) is 30.3 Å². The van der Waals surface area contributed by atoms with E-state index in [0.717, 1.165) is 19.9 Å². The Morgan fingerprint density at radius 2 is 1.91 bits per heavy atom. The van der Waals surface area contributed by atoms with Crippen LogP contribution in [-0.2, 0) is 16.2 Å². The van der Waals surface area contributed by atoms with Crippen LogP contribution in [0.2, 0.25) is 0 Å². The van der Waals surface area contributed by atoms with Crippen LogP contribution in [0.1, 0.15) is 11.1 Å². The summed E-state index contributed by atoms with van der Waals surface area (Å²) < 4.78 is 12.5. The lowest BCUT2D eigenvalue weighted by Crippen LogP contribution is -2.53. The van der Waals surface area contributed by atoms with Crippen molar-refractivity contribution in [2.75, 3.05) is 13.7 Å². The molecule has 0 atom stereocenters. The van der Waals surface area contributed by atoms with Crippen LogP contribution in [0.4, 0.5) is 0 Å². The smallest absolute Gasteiger partial charge is 0.265 e. The summed E-state index contributed by atoms with van der Waals surface area (Å²) in [5.74, 6) is 0.0765. The number of nitrogens with one attached hydrogen (secondary N) is 1. The molecule has 1 saturated heterocycles. The van der Waals surface area contributed by atoms with Crippen LogP contribution >= 0.6 is 34.8 Å². The quantitative estimate of drug-likeness (QED) is 0.142. The predicted molar refractivity (Wildman–Crippen MR) is 145 cm³/mol. The number of thiocarbonyl (C=S) groups is 1. The molecule has 4 rings (SSSR count). The molecule has 0 radical (unpaired) electrons. The van der Waals surface area contributed by atoms with E-state index < -0.39 is 11.8 Å². The van der Waals surface area contributed by atoms with E-state index in [0.29, 0.717) is 23.7 Å². The van der Waals surface area contributed by atoms with Crippen LogP contribution in [0.3, 0.4) is 0 Å². The van der Waals surface area contributed by atoms with Gasteiger partial charge in [0, 0.05) is 6.54 Å². The Morgan fingerprint density at radius 1 is 1.15 bits per heavy atom. The van der Waals surface area contributed by atoms with Gasteiger partial charge in [0.25, 0.3) is 11.8 Å². The molecule has 0 spiro atoms. The molecule has 8 heteroatoms. The number of hydrogen-bond donors (Lipinski definition) is 1. The number of nitrogens with zero attached hydrogens (tertiary/aromatic N) is 1. The molecule has 2 amide bonds. The molecular weight excluding hydrogens is 563 g/mol. The Labute approximate surface area is 216 Å². The van der Waals surface area contributed by atoms with E-state index in [-0.39, 0.29) is 17.2 Å². The molecule has 3 aromatic carbocycles. The number of hydrogen-bond acceptors (Lipinski definition) is 5. The number of carbonyl (C=O) groups is 2. The Balaban J connectivity index is 1.63. The molecule has 0 saturated carbocycles. The molecule has 1 N–H and O–H groups in total. The lowest BCUT2D eigenvalue weighted by Gasteiger charge is -2.27. The lowest BCUT2D eigenvalue weighted by molar-refractivity contribution is -0.128. The largest absolute Gasteiger partial charge is 0.493 e. The molecule has 172 valence electrons. The third kappa shape index (κ3) is 4.83. The SMILES string of the molecule is C=CCN1C(=O)/C(=C/c2cc(I)c(OCc3cccc4ccccc34)c(OC)c2)C(=O)NC1=S. The summed E-state index contributed by atoms with van der Waals surface area (Å²) in [7, 11) is 1.55. The normalized spacial score (nSPS) is 14.9. The van der Waals surface area contributed by atoms with Gasteiger partial charge in [0.05, 0.1) is 10.7 Å². The maximum atomic E-state index is 12.8. The highest BCUT2D eigenvalue weighted by Crippen LogP contribution is 2.36. The summed E-state index contributed by atoms with van der Waals surface area (Å²) in [4.78, 5) is 26.6. The van der Waals surface area contributed by atoms with Crippen molar-refractivity contribution in [1.82, 2.24) is 10.2 Å². The van der Waals surface area contributed by atoms with Crippen molar-refractivity contribution >= 4 is 68.6 Å². The third-order valence-electron chi connectivity index (χ3n) is 5.31. The van der Waals surface area contributed by atoms with Crippen molar-refractivity contribution in [2.45, 2.75) is 6.61 Å². The number of carbonyl (C=O) groups excluding carboxylic acids is 2. The maximum absolute atomic E-state index is 12.8. The maximum Gasteiger partial charge on any atom is 0.265 e. The average Bonchev–Trinajstić information content (AvgIpc) is 2.83. The van der Waals surface area contributed by atoms with Crippen LogP contribution < -0.4 is 14.8 Å². The molecular formula is C26H21IN2O4S. The van der Waals surface area contributed by atoms with E-state index in [4.69, 9.17) is 21.7 Å². The molecule has 6 nitrogen and oxygen atoms in total. The van der Waals surface area contributed by atoms with E-state index in [9.17, 15) is 9.59 Å². The summed E-state index contributed by atoms with van der Waals surface area (Å²) in [5.41, 5.74) is 1.67. The molecule has 34 heavy (non-hydrogen) atoms. The number of amides is 2. The van der Waals surface area contributed by atoms with Gasteiger partial charge in [-0.2, -0.15) is 0 Å². The van der Waals surface area contributed by atoms with Gasteiger partial charge in [-0.3, -0.25) is 19.8 Å². The predicted octanol–water partition coefficient (Wildman–Crippen LogP) is 4.84. The van der Waals surface area contributed by atoms with E-state index in [1.165, 1.54) is 11.0 Å². The van der Waals surface area contributed by atoms with E-state index in [1.54, 1.807) is 19.3 Å². The highest BCUT2D eigenvalue weighted by Gasteiger charge is 2.32.